The maximum absolute atomic E-state index is 9.88. The van der Waals surface area contributed by atoms with E-state index in [0.717, 1.165) is 17.1 Å². The molecule has 2 aliphatic heterocycles. The van der Waals surface area contributed by atoms with Crippen molar-refractivity contribution in [3.05, 3.63) is 42.5 Å². The molecule has 176 valence electrons. The van der Waals surface area contributed by atoms with E-state index in [0.29, 0.717) is 24.1 Å². The normalized spacial score (nSPS) is 26.3. The molecule has 0 saturated carbocycles. The van der Waals surface area contributed by atoms with Gasteiger partial charge in [0, 0.05) is 20.0 Å². The van der Waals surface area contributed by atoms with E-state index >= 15 is 0 Å². The lowest BCUT2D eigenvalue weighted by Crippen LogP contribution is -2.57. The Balaban J connectivity index is 1.44. The number of benzene rings is 1. The minimum absolute atomic E-state index is 0.137. The van der Waals surface area contributed by atoms with Crippen molar-refractivity contribution in [1.29, 1.82) is 0 Å². The minimum Gasteiger partial charge on any atom is -0.497 e. The van der Waals surface area contributed by atoms with Gasteiger partial charge in [-0.3, -0.25) is 4.57 Å². The fourth-order valence-corrected chi connectivity index (χ4v) is 4.63. The van der Waals surface area contributed by atoms with Gasteiger partial charge < -0.3 is 29.0 Å². The number of nitrogens with zero attached hydrogens (tertiary/aromatic N) is 5. The molecule has 2 aromatic heterocycles. The van der Waals surface area contributed by atoms with Gasteiger partial charge in [0.1, 0.15) is 24.3 Å². The van der Waals surface area contributed by atoms with Gasteiger partial charge >= 0.3 is 0 Å². The van der Waals surface area contributed by atoms with Crippen LogP contribution in [0.5, 0.6) is 5.75 Å². The van der Waals surface area contributed by atoms with Crippen molar-refractivity contribution in [3.63, 3.8) is 0 Å². The number of aliphatic hydroxyl groups excluding tert-OH is 1. The van der Waals surface area contributed by atoms with Gasteiger partial charge in [0.15, 0.2) is 29.0 Å². The van der Waals surface area contributed by atoms with E-state index in [1.807, 2.05) is 54.6 Å². The zero-order valence-electron chi connectivity index (χ0n) is 19.2. The van der Waals surface area contributed by atoms with Crippen LogP contribution in [-0.2, 0) is 20.8 Å². The molecule has 2 saturated heterocycles. The first-order chi connectivity index (χ1) is 15.9. The van der Waals surface area contributed by atoms with Crippen molar-refractivity contribution in [2.24, 2.45) is 0 Å². The number of anilines is 1. The predicted molar refractivity (Wildman–Crippen MR) is 120 cm³/mol. The van der Waals surface area contributed by atoms with Crippen LogP contribution in [0.25, 0.3) is 11.2 Å². The smallest absolute Gasteiger partial charge is 0.167 e. The molecule has 4 atom stereocenters. The Morgan fingerprint density at radius 3 is 2.64 bits per heavy atom. The summed E-state index contributed by atoms with van der Waals surface area (Å²) < 4.78 is 25.4. The summed E-state index contributed by atoms with van der Waals surface area (Å²) in [7, 11) is 3.62. The molecule has 5 rings (SSSR count). The number of aliphatic hydroxyl groups is 1. The highest BCUT2D eigenvalue weighted by Gasteiger charge is 2.48. The van der Waals surface area contributed by atoms with Gasteiger partial charge in [0.25, 0.3) is 0 Å². The molecule has 4 unspecified atom stereocenters. The van der Waals surface area contributed by atoms with Gasteiger partial charge in [-0.05, 0) is 31.5 Å². The van der Waals surface area contributed by atoms with Crippen molar-refractivity contribution < 1.29 is 24.1 Å². The number of imidazole rings is 1. The third kappa shape index (κ3) is 4.15. The first-order valence-corrected chi connectivity index (χ1v) is 11.0. The Labute approximate surface area is 192 Å². The van der Waals surface area contributed by atoms with Gasteiger partial charge in [0.05, 0.1) is 26.1 Å². The number of ether oxygens (including phenoxy) is 4. The largest absolute Gasteiger partial charge is 0.497 e. The second-order valence-electron chi connectivity index (χ2n) is 8.92. The number of aromatic nitrogens is 4. The third-order valence-electron chi connectivity index (χ3n) is 6.12. The van der Waals surface area contributed by atoms with Crippen LogP contribution < -0.4 is 9.64 Å². The van der Waals surface area contributed by atoms with E-state index < -0.39 is 18.1 Å². The second kappa shape index (κ2) is 8.53. The quantitative estimate of drug-likeness (QED) is 0.599. The number of rotatable bonds is 6. The lowest BCUT2D eigenvalue weighted by atomic mass is 9.99. The Hall–Kier alpha value is -2.79. The van der Waals surface area contributed by atoms with Gasteiger partial charge in [-0.15, -0.1) is 0 Å². The topological polar surface area (TPSA) is 104 Å². The molecular weight excluding hydrogens is 426 g/mol. The van der Waals surface area contributed by atoms with E-state index in [1.54, 1.807) is 13.4 Å². The fraction of sp³-hybridized carbons (Fsp3) is 0.522. The summed E-state index contributed by atoms with van der Waals surface area (Å²) in [6.07, 6.45) is 2.44. The second-order valence-corrected chi connectivity index (χ2v) is 8.92. The first-order valence-electron chi connectivity index (χ1n) is 11.0. The van der Waals surface area contributed by atoms with Crippen LogP contribution in [0, 0.1) is 0 Å². The number of hydrogen-bond acceptors (Lipinski definition) is 9. The van der Waals surface area contributed by atoms with Gasteiger partial charge in [-0.1, -0.05) is 12.1 Å². The lowest BCUT2D eigenvalue weighted by Gasteiger charge is -2.49. The molecule has 0 amide bonds. The maximum atomic E-state index is 9.88. The van der Waals surface area contributed by atoms with Crippen molar-refractivity contribution in [2.45, 2.75) is 57.1 Å². The fourth-order valence-electron chi connectivity index (χ4n) is 4.63. The van der Waals surface area contributed by atoms with Gasteiger partial charge in [0.2, 0.25) is 0 Å². The molecular formula is C23H29N5O5. The summed E-state index contributed by atoms with van der Waals surface area (Å²) in [4.78, 5) is 15.7. The molecule has 1 N–H and O–H groups in total. The van der Waals surface area contributed by atoms with E-state index in [4.69, 9.17) is 18.9 Å². The first kappa shape index (κ1) is 22.0. The summed E-state index contributed by atoms with van der Waals surface area (Å²) in [6, 6.07) is 7.93. The van der Waals surface area contributed by atoms with Crippen molar-refractivity contribution in [1.82, 2.24) is 19.5 Å². The summed E-state index contributed by atoms with van der Waals surface area (Å²) >= 11 is 0. The summed E-state index contributed by atoms with van der Waals surface area (Å²) in [5.74, 6) is 0.771. The van der Waals surface area contributed by atoms with Crippen LogP contribution in [0.4, 0.5) is 5.82 Å². The molecule has 0 spiro atoms. The average molecular weight is 456 g/mol. The molecule has 2 aliphatic rings. The van der Waals surface area contributed by atoms with E-state index in [9.17, 15) is 5.11 Å². The summed E-state index contributed by atoms with van der Waals surface area (Å²) in [6.45, 7) is 4.27. The molecule has 0 radical (unpaired) electrons. The molecule has 1 aromatic carbocycles. The monoisotopic (exact) mass is 455 g/mol. The molecule has 3 aromatic rings. The van der Waals surface area contributed by atoms with Crippen molar-refractivity contribution >= 4 is 17.0 Å². The van der Waals surface area contributed by atoms with Crippen molar-refractivity contribution in [2.75, 3.05) is 25.7 Å². The highest BCUT2D eigenvalue weighted by Crippen LogP contribution is 2.41. The zero-order chi connectivity index (χ0) is 23.2. The molecule has 2 fully saturated rings. The average Bonchev–Trinajstić information content (AvgIpc) is 3.23. The minimum atomic E-state index is -0.766. The number of methoxy groups -OCH3 is 1. The Morgan fingerprint density at radius 2 is 1.91 bits per heavy atom. The van der Waals surface area contributed by atoms with Crippen LogP contribution in [0.3, 0.4) is 0 Å². The molecule has 33 heavy (non-hydrogen) atoms. The van der Waals surface area contributed by atoms with Crippen LogP contribution in [0.2, 0.25) is 0 Å². The molecule has 2 bridgehead atoms. The highest BCUT2D eigenvalue weighted by atomic mass is 16.7. The molecule has 0 aliphatic carbocycles. The van der Waals surface area contributed by atoms with E-state index in [-0.39, 0.29) is 18.8 Å². The van der Waals surface area contributed by atoms with Crippen LogP contribution in [0.15, 0.2) is 36.9 Å². The number of fused-ring (bicyclic) bond motifs is 3. The maximum Gasteiger partial charge on any atom is 0.167 e. The molecule has 10 heteroatoms. The van der Waals surface area contributed by atoms with Crippen LogP contribution in [0.1, 0.15) is 32.1 Å². The van der Waals surface area contributed by atoms with Crippen LogP contribution >= 0.6 is 0 Å². The zero-order valence-corrected chi connectivity index (χ0v) is 19.2. The SMILES string of the molecule is COc1ccc(CN(C)c2ncnc3c2ncn3C2OC(CO)C3CC2OC(C)(C)O3)cc1. The summed E-state index contributed by atoms with van der Waals surface area (Å²) in [5, 5.41) is 9.88. The summed E-state index contributed by atoms with van der Waals surface area (Å²) in [5.41, 5.74) is 2.44. The Bertz CT molecular complexity index is 1120. The number of hydrogen-bond donors (Lipinski definition) is 1. The standard InChI is InChI=1S/C23H29N5O5/c1-23(2)32-16-9-17(33-23)22(31-18(16)11-29)28-13-26-19-20(24-12-25-21(19)28)27(3)10-14-5-7-15(30-4)8-6-14/h5-8,12-13,16-18,22,29H,9-11H2,1-4H3. The van der Waals surface area contributed by atoms with E-state index in [1.165, 1.54) is 6.33 Å². The van der Waals surface area contributed by atoms with E-state index in [2.05, 4.69) is 15.0 Å². The predicted octanol–water partition coefficient (Wildman–Crippen LogP) is 2.27. The third-order valence-corrected chi connectivity index (χ3v) is 6.12. The lowest BCUT2D eigenvalue weighted by molar-refractivity contribution is -0.373. The molecule has 4 heterocycles. The van der Waals surface area contributed by atoms with Crippen molar-refractivity contribution in [3.8, 4) is 5.75 Å². The van der Waals surface area contributed by atoms with Gasteiger partial charge in [-0.25, -0.2) is 15.0 Å². The Kier molecular flexibility index (Phi) is 5.69. The molecule has 10 nitrogen and oxygen atoms in total. The Morgan fingerprint density at radius 1 is 1.15 bits per heavy atom. The van der Waals surface area contributed by atoms with Gasteiger partial charge in [-0.2, -0.15) is 0 Å². The highest BCUT2D eigenvalue weighted by molar-refractivity contribution is 5.83. The van der Waals surface area contributed by atoms with Crippen LogP contribution in [-0.4, -0.2) is 69.5 Å².